The summed E-state index contributed by atoms with van der Waals surface area (Å²) in [6, 6.07) is 54.4. The van der Waals surface area contributed by atoms with Crippen molar-refractivity contribution in [2.45, 2.75) is 25.7 Å². The van der Waals surface area contributed by atoms with Gasteiger partial charge in [0.25, 0.3) is 0 Å². The molecule has 5 heteroatoms. The molecule has 7 aromatic carbocycles. The zero-order chi connectivity index (χ0) is 38.5. The molecule has 1 atom stereocenters. The molecule has 0 radical (unpaired) electrons. The molecule has 10 aromatic rings. The molecule has 1 unspecified atom stereocenters. The van der Waals surface area contributed by atoms with Crippen LogP contribution in [0.15, 0.2) is 175 Å². The molecule has 0 amide bonds. The Morgan fingerprint density at radius 2 is 1.29 bits per heavy atom. The summed E-state index contributed by atoms with van der Waals surface area (Å²) in [5, 5.41) is 6.83. The Labute approximate surface area is 339 Å². The van der Waals surface area contributed by atoms with Gasteiger partial charge in [-0.25, -0.2) is 15.0 Å². The van der Waals surface area contributed by atoms with Crippen LogP contribution in [0.1, 0.15) is 37.0 Å². The van der Waals surface area contributed by atoms with Crippen molar-refractivity contribution in [1.29, 1.82) is 0 Å². The van der Waals surface area contributed by atoms with Crippen LogP contribution in [-0.2, 0) is 5.41 Å². The fraction of sp³-hybridized carbons (Fsp3) is 0.0755. The van der Waals surface area contributed by atoms with Gasteiger partial charge < -0.3 is 4.74 Å². The van der Waals surface area contributed by atoms with E-state index in [-0.39, 0.29) is 0 Å². The van der Waals surface area contributed by atoms with Crippen LogP contribution in [0.2, 0.25) is 0 Å². The fourth-order valence-corrected chi connectivity index (χ4v) is 11.1. The summed E-state index contributed by atoms with van der Waals surface area (Å²) in [4.78, 5) is 16.4. The van der Waals surface area contributed by atoms with E-state index in [1.165, 1.54) is 37.7 Å². The summed E-state index contributed by atoms with van der Waals surface area (Å²) in [5.74, 6) is 2.41. The lowest BCUT2D eigenvalue weighted by molar-refractivity contribution is 0.387. The standard InChI is InChI=1S/C53H35N3OS/c1-3-16-43-38(4-2)53(39-24-11-13-27-44(39)57-43)40-25-15-23-37(47(40)46-32-18-6-5-17-31(32)29-30-41(46)53)49-51-48(36-22-10-14-28-45(36)58-51)55-52(56-49)50-35-21-8-7-19-33(35)34-20-9-12-26-42(34)54-50/h4-30H,3H2,1-2H3/b38-4?,43-16+. The van der Waals surface area contributed by atoms with Gasteiger partial charge in [-0.05, 0) is 76.0 Å². The zero-order valence-electron chi connectivity index (χ0n) is 32.0. The number of allylic oxidation sites excluding steroid dienone is 3. The molecule has 0 bridgehead atoms. The van der Waals surface area contributed by atoms with Gasteiger partial charge in [-0.15, -0.1) is 11.3 Å². The third kappa shape index (κ3) is 4.42. The van der Waals surface area contributed by atoms with Gasteiger partial charge in [0, 0.05) is 37.6 Å². The molecule has 2 aliphatic rings. The molecule has 1 aliphatic heterocycles. The van der Waals surface area contributed by atoms with Crippen LogP contribution >= 0.6 is 11.3 Å². The highest BCUT2D eigenvalue weighted by atomic mass is 32.1. The van der Waals surface area contributed by atoms with Crippen LogP contribution < -0.4 is 4.74 Å². The van der Waals surface area contributed by atoms with Crippen LogP contribution in [0.25, 0.3) is 86.7 Å². The Morgan fingerprint density at radius 1 is 0.586 bits per heavy atom. The van der Waals surface area contributed by atoms with Crippen molar-refractivity contribution >= 4 is 64.1 Å². The van der Waals surface area contributed by atoms with Crippen molar-refractivity contribution in [1.82, 2.24) is 15.0 Å². The number of nitrogens with zero attached hydrogens (tertiary/aromatic N) is 3. The molecule has 0 saturated heterocycles. The number of pyridine rings is 1. The summed E-state index contributed by atoms with van der Waals surface area (Å²) in [6.45, 7) is 4.33. The second-order valence-corrected chi connectivity index (χ2v) is 16.2. The number of fused-ring (bicyclic) bond motifs is 15. The second kappa shape index (κ2) is 12.5. The SMILES string of the molecule is CC=C1/C(=C\CC)Oc2ccccc2C12c1cccc(-c3nc(-c4nc5ccccc5c5ccccc45)nc4c3sc3ccccc34)c1-c1c2ccc2ccccc12. The van der Waals surface area contributed by atoms with E-state index < -0.39 is 5.41 Å². The number of hydrogen-bond acceptors (Lipinski definition) is 5. The van der Waals surface area contributed by atoms with Gasteiger partial charge in [0.1, 0.15) is 17.2 Å². The van der Waals surface area contributed by atoms with Crippen molar-refractivity contribution in [3.8, 4) is 39.7 Å². The lowest BCUT2D eigenvalue weighted by atomic mass is 9.65. The number of para-hydroxylation sites is 2. The maximum atomic E-state index is 6.78. The topological polar surface area (TPSA) is 47.9 Å². The van der Waals surface area contributed by atoms with Crippen molar-refractivity contribution < 1.29 is 4.74 Å². The van der Waals surface area contributed by atoms with Crippen LogP contribution in [0.3, 0.4) is 0 Å². The first-order valence-corrected chi connectivity index (χ1v) is 20.8. The summed E-state index contributed by atoms with van der Waals surface area (Å²) in [7, 11) is 0. The van der Waals surface area contributed by atoms with Crippen LogP contribution in [0, 0.1) is 0 Å². The molecule has 0 fully saturated rings. The smallest absolute Gasteiger partial charge is 0.180 e. The van der Waals surface area contributed by atoms with Gasteiger partial charge in [0.05, 0.1) is 26.8 Å². The maximum absolute atomic E-state index is 6.78. The van der Waals surface area contributed by atoms with E-state index in [0.717, 1.165) is 83.3 Å². The van der Waals surface area contributed by atoms with Gasteiger partial charge in [-0.3, -0.25) is 0 Å². The predicted octanol–water partition coefficient (Wildman–Crippen LogP) is 14.0. The van der Waals surface area contributed by atoms with Crippen LogP contribution in [-0.4, -0.2) is 15.0 Å². The van der Waals surface area contributed by atoms with E-state index in [9.17, 15) is 0 Å². The first-order chi connectivity index (χ1) is 28.7. The quantitative estimate of drug-likeness (QED) is 0.168. The highest BCUT2D eigenvalue weighted by Crippen LogP contribution is 2.64. The molecule has 0 N–H and O–H groups in total. The Morgan fingerprint density at radius 3 is 2.16 bits per heavy atom. The Kier molecular flexibility index (Phi) is 7.17. The highest BCUT2D eigenvalue weighted by molar-refractivity contribution is 7.26. The number of ether oxygens (including phenoxy) is 1. The fourth-order valence-electron chi connectivity index (χ4n) is 9.93. The third-order valence-corrected chi connectivity index (χ3v) is 13.4. The first kappa shape index (κ1) is 33.2. The molecule has 4 heterocycles. The van der Waals surface area contributed by atoms with Gasteiger partial charge >= 0.3 is 0 Å². The average molecular weight is 762 g/mol. The molecule has 12 rings (SSSR count). The van der Waals surface area contributed by atoms with Crippen molar-refractivity contribution in [3.05, 3.63) is 192 Å². The molecule has 1 spiro atoms. The first-order valence-electron chi connectivity index (χ1n) is 20.0. The lowest BCUT2D eigenvalue weighted by Gasteiger charge is -2.41. The lowest BCUT2D eigenvalue weighted by Crippen LogP contribution is -2.35. The largest absolute Gasteiger partial charge is 0.457 e. The van der Waals surface area contributed by atoms with E-state index >= 15 is 0 Å². The molecule has 274 valence electrons. The number of benzene rings is 7. The molecular weight excluding hydrogens is 727 g/mol. The summed E-state index contributed by atoms with van der Waals surface area (Å²) >= 11 is 1.77. The minimum absolute atomic E-state index is 0.621. The Balaban J connectivity index is 1.25. The van der Waals surface area contributed by atoms with Crippen molar-refractivity contribution in [3.63, 3.8) is 0 Å². The summed E-state index contributed by atoms with van der Waals surface area (Å²) in [6.07, 6.45) is 5.35. The molecule has 58 heavy (non-hydrogen) atoms. The minimum Gasteiger partial charge on any atom is -0.457 e. The maximum Gasteiger partial charge on any atom is 0.180 e. The number of rotatable bonds is 3. The number of hydrogen-bond donors (Lipinski definition) is 0. The molecular formula is C53H35N3OS. The van der Waals surface area contributed by atoms with E-state index in [1.807, 2.05) is 0 Å². The predicted molar refractivity (Wildman–Crippen MR) is 241 cm³/mol. The van der Waals surface area contributed by atoms with Gasteiger partial charge in [0.15, 0.2) is 5.82 Å². The molecule has 3 aromatic heterocycles. The van der Waals surface area contributed by atoms with Crippen LogP contribution in [0.4, 0.5) is 0 Å². The van der Waals surface area contributed by atoms with E-state index in [4.69, 9.17) is 19.7 Å². The number of thiophene rings is 1. The van der Waals surface area contributed by atoms with E-state index in [2.05, 4.69) is 178 Å². The van der Waals surface area contributed by atoms with Gasteiger partial charge in [-0.2, -0.15) is 0 Å². The molecule has 1 aliphatic carbocycles. The van der Waals surface area contributed by atoms with Crippen LogP contribution in [0.5, 0.6) is 5.75 Å². The number of aromatic nitrogens is 3. The summed E-state index contributed by atoms with van der Waals surface area (Å²) in [5.41, 5.74) is 11.2. The highest BCUT2D eigenvalue weighted by Gasteiger charge is 2.53. The Hall–Kier alpha value is -6.95. The van der Waals surface area contributed by atoms with Crippen molar-refractivity contribution in [2.24, 2.45) is 0 Å². The van der Waals surface area contributed by atoms with Gasteiger partial charge in [-0.1, -0.05) is 146 Å². The monoisotopic (exact) mass is 761 g/mol. The molecule has 0 saturated carbocycles. The normalized spacial score (nSPS) is 17.1. The average Bonchev–Trinajstić information content (AvgIpc) is 3.80. The zero-order valence-corrected chi connectivity index (χ0v) is 32.8. The minimum atomic E-state index is -0.624. The van der Waals surface area contributed by atoms with Gasteiger partial charge in [0.2, 0.25) is 0 Å². The molecule has 4 nitrogen and oxygen atoms in total. The Bertz CT molecular complexity index is 3450. The summed E-state index contributed by atoms with van der Waals surface area (Å²) < 4.78 is 9.03. The van der Waals surface area contributed by atoms with E-state index in [0.29, 0.717) is 5.82 Å². The van der Waals surface area contributed by atoms with E-state index in [1.54, 1.807) is 11.3 Å². The van der Waals surface area contributed by atoms with Crippen molar-refractivity contribution in [2.75, 3.05) is 0 Å². The third-order valence-electron chi connectivity index (χ3n) is 12.2. The second-order valence-electron chi connectivity index (χ2n) is 15.2.